The number of nitrogens with one attached hydrogen (secondary N) is 1. The highest BCUT2D eigenvalue weighted by atomic mass is 19.2. The molecule has 1 unspecified atom stereocenters. The number of halogens is 4. The Hall–Kier alpha value is -3.23. The first-order valence-corrected chi connectivity index (χ1v) is 8.11. The van der Waals surface area contributed by atoms with E-state index in [4.69, 9.17) is 4.74 Å². The van der Waals surface area contributed by atoms with Crippen LogP contribution in [0.5, 0.6) is 0 Å². The van der Waals surface area contributed by atoms with Crippen LogP contribution in [0.4, 0.5) is 17.6 Å². The summed E-state index contributed by atoms with van der Waals surface area (Å²) in [6.45, 7) is 2.98. The minimum absolute atomic E-state index is 0.0206. The second-order valence-electron chi connectivity index (χ2n) is 6.26. The lowest BCUT2D eigenvalue weighted by molar-refractivity contribution is -0.137. The van der Waals surface area contributed by atoms with Gasteiger partial charge in [0.05, 0.1) is 18.9 Å². The molecule has 0 amide bonds. The first-order chi connectivity index (χ1) is 13.2. The Labute approximate surface area is 157 Å². The fourth-order valence-electron chi connectivity index (χ4n) is 3.08. The normalized spacial score (nSPS) is 19.2. The van der Waals surface area contributed by atoms with Crippen LogP contribution in [-0.4, -0.2) is 23.9 Å². The first kappa shape index (κ1) is 19.5. The van der Waals surface area contributed by atoms with Crippen molar-refractivity contribution in [2.24, 2.45) is 4.99 Å². The van der Waals surface area contributed by atoms with Crippen LogP contribution in [0.1, 0.15) is 25.1 Å². The van der Waals surface area contributed by atoms with Crippen LogP contribution in [0, 0.1) is 23.3 Å². The molecule has 0 fully saturated rings. The van der Waals surface area contributed by atoms with Crippen molar-refractivity contribution in [3.8, 4) is 0 Å². The van der Waals surface area contributed by atoms with E-state index in [1.54, 1.807) is 0 Å². The third-order valence-corrected chi connectivity index (χ3v) is 4.41. The molecule has 1 aromatic heterocycles. The lowest BCUT2D eigenvalue weighted by atomic mass is 9.82. The van der Waals surface area contributed by atoms with Gasteiger partial charge in [-0.3, -0.25) is 0 Å². The summed E-state index contributed by atoms with van der Waals surface area (Å²) < 4.78 is 59.5. The molecule has 28 heavy (non-hydrogen) atoms. The fraction of sp³-hybridized carbons (Fsp3) is 0.211. The van der Waals surface area contributed by atoms with E-state index in [0.717, 1.165) is 25.4 Å². The predicted octanol–water partition coefficient (Wildman–Crippen LogP) is 3.35. The zero-order valence-electron chi connectivity index (χ0n) is 15.1. The molecule has 1 aliphatic rings. The van der Waals surface area contributed by atoms with Gasteiger partial charge in [-0.1, -0.05) is 6.07 Å². The third kappa shape index (κ3) is 3.23. The minimum atomic E-state index is -1.55. The molecule has 1 aromatic carbocycles. The number of amidine groups is 1. The van der Waals surface area contributed by atoms with E-state index in [1.807, 2.05) is 0 Å². The number of aliphatic imine (C=N–C) groups is 1. The Morgan fingerprint density at radius 2 is 1.82 bits per heavy atom. The van der Waals surface area contributed by atoms with E-state index in [-0.39, 0.29) is 28.4 Å². The maximum atomic E-state index is 14.2. The molecule has 0 saturated carbocycles. The minimum Gasteiger partial charge on any atom is -0.466 e. The number of hydrogen-bond donors (Lipinski definition) is 1. The molecule has 0 bridgehead atoms. The number of methoxy groups -OCH3 is 1. The molecule has 1 aliphatic heterocycles. The quantitative estimate of drug-likeness (QED) is 0.642. The number of benzene rings is 1. The van der Waals surface area contributed by atoms with E-state index in [1.165, 1.54) is 19.9 Å². The number of carbonyl (C=O) groups is 1. The molecular weight excluding hydrogens is 378 g/mol. The highest BCUT2D eigenvalue weighted by molar-refractivity contribution is 6.03. The molecule has 9 heteroatoms. The predicted molar refractivity (Wildman–Crippen MR) is 92.3 cm³/mol. The van der Waals surface area contributed by atoms with Crippen molar-refractivity contribution in [1.29, 1.82) is 0 Å². The third-order valence-electron chi connectivity index (χ3n) is 4.41. The monoisotopic (exact) mass is 393 g/mol. The number of hydrogen-bond acceptors (Lipinski definition) is 5. The Morgan fingerprint density at radius 1 is 1.11 bits per heavy atom. The van der Waals surface area contributed by atoms with Crippen molar-refractivity contribution in [2.45, 2.75) is 19.4 Å². The Balaban J connectivity index is 2.24. The van der Waals surface area contributed by atoms with Gasteiger partial charge in [0.1, 0.15) is 17.1 Å². The van der Waals surface area contributed by atoms with E-state index < -0.39 is 34.8 Å². The van der Waals surface area contributed by atoms with Crippen molar-refractivity contribution in [2.75, 3.05) is 7.11 Å². The van der Waals surface area contributed by atoms with Crippen molar-refractivity contribution in [1.82, 2.24) is 10.3 Å². The standard InChI is InChI=1S/C19H15F4N3O2/c1-9-15(18(27)28-3)19(2,10-4-5-12(21)13(22)6-10)26-17(25-9)16-14(23)7-11(20)8-24-16/h4-8H,1-3H3,(H,25,26). The van der Waals surface area contributed by atoms with E-state index in [9.17, 15) is 22.4 Å². The zero-order valence-corrected chi connectivity index (χ0v) is 15.1. The SMILES string of the molecule is COC(=O)C1=C(C)NC(c2ncc(F)cc2F)=NC1(C)c1ccc(F)c(F)c1. The zero-order chi connectivity index (χ0) is 20.6. The van der Waals surface area contributed by atoms with Crippen molar-refractivity contribution >= 4 is 11.8 Å². The molecule has 2 aromatic rings. The van der Waals surface area contributed by atoms with Gasteiger partial charge in [-0.25, -0.2) is 32.3 Å². The van der Waals surface area contributed by atoms with Gasteiger partial charge in [-0.2, -0.15) is 0 Å². The summed E-state index contributed by atoms with van der Waals surface area (Å²) in [5.74, 6) is -4.92. The summed E-state index contributed by atoms with van der Waals surface area (Å²) >= 11 is 0. The summed E-state index contributed by atoms with van der Waals surface area (Å²) in [7, 11) is 1.16. The average molecular weight is 393 g/mol. The van der Waals surface area contributed by atoms with Crippen LogP contribution in [-0.2, 0) is 15.1 Å². The van der Waals surface area contributed by atoms with Crippen molar-refractivity contribution in [3.63, 3.8) is 0 Å². The lowest BCUT2D eigenvalue weighted by Crippen LogP contribution is -2.41. The highest BCUT2D eigenvalue weighted by Crippen LogP contribution is 2.39. The van der Waals surface area contributed by atoms with E-state index in [0.29, 0.717) is 6.07 Å². The highest BCUT2D eigenvalue weighted by Gasteiger charge is 2.42. The van der Waals surface area contributed by atoms with Gasteiger partial charge in [0.2, 0.25) is 0 Å². The van der Waals surface area contributed by atoms with Crippen LogP contribution in [0.15, 0.2) is 46.7 Å². The number of pyridine rings is 1. The van der Waals surface area contributed by atoms with Crippen LogP contribution in [0.3, 0.4) is 0 Å². The molecule has 1 N–H and O–H groups in total. The van der Waals surface area contributed by atoms with Gasteiger partial charge in [0, 0.05) is 11.8 Å². The molecule has 0 radical (unpaired) electrons. The average Bonchev–Trinajstić information content (AvgIpc) is 2.63. The number of aromatic nitrogens is 1. The summed E-state index contributed by atoms with van der Waals surface area (Å²) in [5.41, 5.74) is -1.44. The molecule has 2 heterocycles. The van der Waals surface area contributed by atoms with Crippen LogP contribution >= 0.6 is 0 Å². The first-order valence-electron chi connectivity index (χ1n) is 8.11. The molecule has 0 aliphatic carbocycles. The number of allylic oxidation sites excluding steroid dienone is 1. The maximum absolute atomic E-state index is 14.2. The Morgan fingerprint density at radius 3 is 2.43 bits per heavy atom. The summed E-state index contributed by atoms with van der Waals surface area (Å²) in [5, 5.41) is 2.75. The molecule has 0 saturated heterocycles. The summed E-state index contributed by atoms with van der Waals surface area (Å²) in [4.78, 5) is 20.4. The molecule has 146 valence electrons. The molecular formula is C19H15F4N3O2. The van der Waals surface area contributed by atoms with E-state index >= 15 is 0 Å². The molecule has 0 spiro atoms. The Kier molecular flexibility index (Phi) is 4.93. The second-order valence-corrected chi connectivity index (χ2v) is 6.26. The van der Waals surface area contributed by atoms with Gasteiger partial charge in [0.25, 0.3) is 0 Å². The van der Waals surface area contributed by atoms with Crippen LogP contribution in [0.2, 0.25) is 0 Å². The number of nitrogens with zero attached hydrogens (tertiary/aromatic N) is 2. The largest absolute Gasteiger partial charge is 0.466 e. The number of esters is 1. The van der Waals surface area contributed by atoms with Crippen molar-refractivity contribution in [3.05, 3.63) is 76.3 Å². The summed E-state index contributed by atoms with van der Waals surface area (Å²) in [6, 6.07) is 3.69. The number of rotatable bonds is 3. The van der Waals surface area contributed by atoms with Gasteiger partial charge >= 0.3 is 5.97 Å². The maximum Gasteiger partial charge on any atom is 0.338 e. The number of carbonyl (C=O) groups excluding carboxylic acids is 1. The Bertz CT molecular complexity index is 1040. The molecule has 1 atom stereocenters. The summed E-state index contributed by atoms with van der Waals surface area (Å²) in [6.07, 6.45) is 0.812. The fourth-order valence-corrected chi connectivity index (χ4v) is 3.08. The van der Waals surface area contributed by atoms with Gasteiger partial charge in [0.15, 0.2) is 23.3 Å². The topological polar surface area (TPSA) is 63.6 Å². The van der Waals surface area contributed by atoms with Gasteiger partial charge in [-0.05, 0) is 31.5 Å². The van der Waals surface area contributed by atoms with Crippen molar-refractivity contribution < 1.29 is 27.1 Å². The van der Waals surface area contributed by atoms with Crippen LogP contribution in [0.25, 0.3) is 0 Å². The van der Waals surface area contributed by atoms with Gasteiger partial charge in [-0.15, -0.1) is 0 Å². The van der Waals surface area contributed by atoms with Crippen LogP contribution < -0.4 is 5.32 Å². The second kappa shape index (κ2) is 7.06. The lowest BCUT2D eigenvalue weighted by Gasteiger charge is -2.34. The molecule has 5 nitrogen and oxygen atoms in total. The number of ether oxygens (including phenoxy) is 1. The van der Waals surface area contributed by atoms with E-state index in [2.05, 4.69) is 15.3 Å². The molecule has 3 rings (SSSR count). The van der Waals surface area contributed by atoms with Gasteiger partial charge < -0.3 is 10.1 Å². The smallest absolute Gasteiger partial charge is 0.338 e.